The monoisotopic (exact) mass is 463 g/mol. The number of benzene rings is 3. The highest BCUT2D eigenvalue weighted by Crippen LogP contribution is 2.23. The quantitative estimate of drug-likeness (QED) is 0.404. The third kappa shape index (κ3) is 5.66. The molecule has 34 heavy (non-hydrogen) atoms. The SMILES string of the molecule is Nc1ccc(C(=O)N(CCN2CCC(C(=O)c3ccc(F)cc3)CC2)c2ccc(F)cc2)cc1. The van der Waals surface area contributed by atoms with Crippen molar-refractivity contribution in [1.82, 2.24) is 4.90 Å². The molecule has 4 rings (SSSR count). The lowest BCUT2D eigenvalue weighted by Crippen LogP contribution is -2.42. The van der Waals surface area contributed by atoms with E-state index < -0.39 is 0 Å². The maximum atomic E-state index is 13.5. The van der Waals surface area contributed by atoms with E-state index in [2.05, 4.69) is 4.90 Å². The van der Waals surface area contributed by atoms with E-state index in [4.69, 9.17) is 5.73 Å². The smallest absolute Gasteiger partial charge is 0.258 e. The Morgan fingerprint density at radius 2 is 1.35 bits per heavy atom. The lowest BCUT2D eigenvalue weighted by atomic mass is 9.89. The first-order valence-corrected chi connectivity index (χ1v) is 11.4. The van der Waals surface area contributed by atoms with Gasteiger partial charge in [0.2, 0.25) is 0 Å². The second-order valence-electron chi connectivity index (χ2n) is 8.54. The van der Waals surface area contributed by atoms with Crippen molar-refractivity contribution >= 4 is 23.1 Å². The van der Waals surface area contributed by atoms with E-state index in [0.29, 0.717) is 48.4 Å². The van der Waals surface area contributed by atoms with Crippen LogP contribution in [0.3, 0.4) is 0 Å². The largest absolute Gasteiger partial charge is 0.399 e. The van der Waals surface area contributed by atoms with Crippen LogP contribution in [-0.4, -0.2) is 42.8 Å². The standard InChI is InChI=1S/C27H27F2N3O2/c28-22-5-1-19(2-6-22)26(33)20-13-15-31(16-14-20)17-18-32(25-11-7-23(29)8-12-25)27(34)21-3-9-24(30)10-4-21/h1-12,20H,13-18,30H2. The summed E-state index contributed by atoms with van der Waals surface area (Å²) in [5.41, 5.74) is 7.98. The molecular formula is C27H27F2N3O2. The molecule has 0 saturated carbocycles. The normalized spacial score (nSPS) is 14.6. The van der Waals surface area contributed by atoms with Crippen LogP contribution in [0.5, 0.6) is 0 Å². The number of carbonyl (C=O) groups excluding carboxylic acids is 2. The van der Waals surface area contributed by atoms with E-state index in [-0.39, 0.29) is 29.2 Å². The Balaban J connectivity index is 1.39. The number of anilines is 2. The fraction of sp³-hybridized carbons (Fsp3) is 0.259. The molecule has 1 aliphatic rings. The highest BCUT2D eigenvalue weighted by Gasteiger charge is 2.27. The topological polar surface area (TPSA) is 66.6 Å². The molecule has 7 heteroatoms. The van der Waals surface area contributed by atoms with E-state index >= 15 is 0 Å². The number of nitrogens with two attached hydrogens (primary N) is 1. The molecule has 1 amide bonds. The molecule has 0 aromatic heterocycles. The average molecular weight is 464 g/mol. The van der Waals surface area contributed by atoms with E-state index in [9.17, 15) is 18.4 Å². The summed E-state index contributed by atoms with van der Waals surface area (Å²) in [7, 11) is 0. The average Bonchev–Trinajstić information content (AvgIpc) is 2.86. The maximum Gasteiger partial charge on any atom is 0.258 e. The van der Waals surface area contributed by atoms with Gasteiger partial charge in [-0.15, -0.1) is 0 Å². The summed E-state index contributed by atoms with van der Waals surface area (Å²) in [6.07, 6.45) is 1.41. The molecule has 176 valence electrons. The van der Waals surface area contributed by atoms with Crippen molar-refractivity contribution in [3.63, 3.8) is 0 Å². The van der Waals surface area contributed by atoms with Gasteiger partial charge in [0.15, 0.2) is 5.78 Å². The third-order valence-electron chi connectivity index (χ3n) is 6.27. The molecule has 0 aliphatic carbocycles. The summed E-state index contributed by atoms with van der Waals surface area (Å²) in [5, 5.41) is 0. The van der Waals surface area contributed by atoms with E-state index in [0.717, 1.165) is 13.1 Å². The molecule has 1 aliphatic heterocycles. The first-order chi connectivity index (χ1) is 16.4. The van der Waals surface area contributed by atoms with Crippen LogP contribution in [0.1, 0.15) is 33.6 Å². The number of rotatable bonds is 7. The maximum absolute atomic E-state index is 13.5. The molecule has 0 bridgehead atoms. The molecule has 5 nitrogen and oxygen atoms in total. The summed E-state index contributed by atoms with van der Waals surface area (Å²) < 4.78 is 26.6. The zero-order valence-electron chi connectivity index (χ0n) is 18.8. The Kier molecular flexibility index (Phi) is 7.33. The van der Waals surface area contributed by atoms with E-state index in [1.807, 2.05) is 0 Å². The predicted octanol–water partition coefficient (Wildman–Crippen LogP) is 4.79. The minimum atomic E-state index is -0.364. The second kappa shape index (κ2) is 10.6. The molecule has 1 fully saturated rings. The summed E-state index contributed by atoms with van der Waals surface area (Å²) in [4.78, 5) is 29.8. The molecule has 0 radical (unpaired) electrons. The van der Waals surface area contributed by atoms with Crippen LogP contribution >= 0.6 is 0 Å². The highest BCUT2D eigenvalue weighted by atomic mass is 19.1. The number of Topliss-reactive ketones (excluding diaryl/α,β-unsaturated/α-hetero) is 1. The molecule has 1 heterocycles. The molecule has 0 spiro atoms. The molecule has 0 unspecified atom stereocenters. The number of hydrogen-bond acceptors (Lipinski definition) is 4. The van der Waals surface area contributed by atoms with Crippen molar-refractivity contribution in [3.05, 3.63) is 95.6 Å². The molecule has 0 atom stereocenters. The first kappa shape index (κ1) is 23.6. The number of nitrogens with zero attached hydrogens (tertiary/aromatic N) is 2. The number of nitrogen functional groups attached to an aromatic ring is 1. The van der Waals surface area contributed by atoms with Crippen LogP contribution in [-0.2, 0) is 0 Å². The second-order valence-corrected chi connectivity index (χ2v) is 8.54. The van der Waals surface area contributed by atoms with Gasteiger partial charge in [-0.25, -0.2) is 8.78 Å². The van der Waals surface area contributed by atoms with Crippen LogP contribution in [0, 0.1) is 17.6 Å². The minimum absolute atomic E-state index is 0.0473. The summed E-state index contributed by atoms with van der Waals surface area (Å²) >= 11 is 0. The van der Waals surface area contributed by atoms with Gasteiger partial charge in [-0.2, -0.15) is 0 Å². The third-order valence-corrected chi connectivity index (χ3v) is 6.27. The predicted molar refractivity (Wildman–Crippen MR) is 129 cm³/mol. The molecule has 3 aromatic rings. The van der Waals surface area contributed by atoms with Gasteiger partial charge in [-0.3, -0.25) is 9.59 Å². The van der Waals surface area contributed by atoms with Gasteiger partial charge >= 0.3 is 0 Å². The Morgan fingerprint density at radius 1 is 0.824 bits per heavy atom. The number of amides is 1. The summed E-state index contributed by atoms with van der Waals surface area (Å²) in [5.74, 6) is -0.951. The fourth-order valence-electron chi connectivity index (χ4n) is 4.26. The van der Waals surface area contributed by atoms with Crippen LogP contribution in [0.2, 0.25) is 0 Å². The van der Waals surface area contributed by atoms with E-state index in [1.165, 1.54) is 36.4 Å². The van der Waals surface area contributed by atoms with Gasteiger partial charge in [-0.05, 0) is 98.7 Å². The van der Waals surface area contributed by atoms with Crippen molar-refractivity contribution in [1.29, 1.82) is 0 Å². The first-order valence-electron chi connectivity index (χ1n) is 11.4. The Hall–Kier alpha value is -3.58. The van der Waals surface area contributed by atoms with Crippen LogP contribution in [0.4, 0.5) is 20.2 Å². The van der Waals surface area contributed by atoms with Crippen molar-refractivity contribution < 1.29 is 18.4 Å². The Morgan fingerprint density at radius 3 is 1.94 bits per heavy atom. The lowest BCUT2D eigenvalue weighted by Gasteiger charge is -2.33. The zero-order valence-corrected chi connectivity index (χ0v) is 18.8. The summed E-state index contributed by atoms with van der Waals surface area (Å²) in [6.45, 7) is 2.50. The van der Waals surface area contributed by atoms with Gasteiger partial charge < -0.3 is 15.5 Å². The zero-order chi connectivity index (χ0) is 24.1. The number of carbonyl (C=O) groups is 2. The van der Waals surface area contributed by atoms with Crippen molar-refractivity contribution in [2.45, 2.75) is 12.8 Å². The molecular weight excluding hydrogens is 436 g/mol. The number of halogens is 2. The van der Waals surface area contributed by atoms with Crippen LogP contribution in [0.15, 0.2) is 72.8 Å². The number of piperidine rings is 1. The van der Waals surface area contributed by atoms with E-state index in [1.54, 1.807) is 41.3 Å². The molecule has 3 aromatic carbocycles. The van der Waals surface area contributed by atoms with Gasteiger partial charge in [-0.1, -0.05) is 0 Å². The van der Waals surface area contributed by atoms with Crippen LogP contribution in [0.25, 0.3) is 0 Å². The van der Waals surface area contributed by atoms with Gasteiger partial charge in [0.1, 0.15) is 11.6 Å². The molecule has 1 saturated heterocycles. The van der Waals surface area contributed by atoms with Gasteiger partial charge in [0.05, 0.1) is 0 Å². The number of hydrogen-bond donors (Lipinski definition) is 1. The van der Waals surface area contributed by atoms with Crippen LogP contribution < -0.4 is 10.6 Å². The number of likely N-dealkylation sites (tertiary alicyclic amines) is 1. The lowest BCUT2D eigenvalue weighted by molar-refractivity contribution is 0.0841. The molecule has 2 N–H and O–H groups in total. The van der Waals surface area contributed by atoms with Crippen molar-refractivity contribution in [3.8, 4) is 0 Å². The Labute approximate surface area is 197 Å². The minimum Gasteiger partial charge on any atom is -0.399 e. The van der Waals surface area contributed by atoms with Gasteiger partial charge in [0, 0.05) is 41.5 Å². The fourth-order valence-corrected chi connectivity index (χ4v) is 4.26. The van der Waals surface area contributed by atoms with Crippen molar-refractivity contribution in [2.24, 2.45) is 5.92 Å². The Bertz CT molecular complexity index is 1120. The highest BCUT2D eigenvalue weighted by molar-refractivity contribution is 6.06. The van der Waals surface area contributed by atoms with Gasteiger partial charge in [0.25, 0.3) is 5.91 Å². The summed E-state index contributed by atoms with van der Waals surface area (Å²) in [6, 6.07) is 18.3. The van der Waals surface area contributed by atoms with Crippen molar-refractivity contribution in [2.75, 3.05) is 36.8 Å². The number of ketones is 1.